The van der Waals surface area contributed by atoms with Crippen molar-refractivity contribution in [1.82, 2.24) is 9.88 Å². The number of nitrogens with two attached hydrogens (primary N) is 1. The van der Waals surface area contributed by atoms with Gasteiger partial charge >= 0.3 is 0 Å². The highest BCUT2D eigenvalue weighted by atomic mass is 35.5. The Morgan fingerprint density at radius 1 is 1.47 bits per heavy atom. The smallest absolute Gasteiger partial charge is 0.0795 e. The molecule has 0 fully saturated rings. The molecule has 0 spiro atoms. The highest BCUT2D eigenvalue weighted by Gasteiger charge is 2.21. The molecule has 5 heteroatoms. The standard InChI is InChI=1S/C14H18ClN3S/c1-10(16)14(11-4-3-5-12(15)6-11)18(2)7-13-8-19-9-17-13/h3-6,8-10,14H,7,16H2,1-2H3. The first kappa shape index (κ1) is 14.5. The van der Waals surface area contributed by atoms with Gasteiger partial charge in [-0.3, -0.25) is 4.90 Å². The summed E-state index contributed by atoms with van der Waals surface area (Å²) in [6, 6.07) is 8.03. The van der Waals surface area contributed by atoms with Crippen molar-refractivity contribution >= 4 is 22.9 Å². The third-order valence-electron chi connectivity index (χ3n) is 3.06. The zero-order valence-corrected chi connectivity index (χ0v) is 12.7. The summed E-state index contributed by atoms with van der Waals surface area (Å²) in [6.07, 6.45) is 0. The topological polar surface area (TPSA) is 42.1 Å². The fourth-order valence-corrected chi connectivity index (χ4v) is 3.07. The van der Waals surface area contributed by atoms with Gasteiger partial charge in [-0.25, -0.2) is 4.98 Å². The number of benzene rings is 1. The molecule has 1 heterocycles. The van der Waals surface area contributed by atoms with E-state index in [9.17, 15) is 0 Å². The first-order valence-electron chi connectivity index (χ1n) is 6.16. The lowest BCUT2D eigenvalue weighted by molar-refractivity contribution is 0.209. The Morgan fingerprint density at radius 3 is 2.84 bits per heavy atom. The number of likely N-dealkylation sites (N-methyl/N-ethyl adjacent to an activating group) is 1. The lowest BCUT2D eigenvalue weighted by Gasteiger charge is -2.31. The van der Waals surface area contributed by atoms with Crippen molar-refractivity contribution in [3.63, 3.8) is 0 Å². The fourth-order valence-electron chi connectivity index (χ4n) is 2.32. The summed E-state index contributed by atoms with van der Waals surface area (Å²) in [5, 5.41) is 2.80. The molecule has 3 nitrogen and oxygen atoms in total. The summed E-state index contributed by atoms with van der Waals surface area (Å²) in [4.78, 5) is 6.53. The van der Waals surface area contributed by atoms with Crippen molar-refractivity contribution in [2.45, 2.75) is 25.6 Å². The van der Waals surface area contributed by atoms with E-state index in [2.05, 4.69) is 28.4 Å². The summed E-state index contributed by atoms with van der Waals surface area (Å²) in [5.74, 6) is 0. The molecule has 0 aliphatic heterocycles. The molecule has 0 bridgehead atoms. The molecule has 0 amide bonds. The summed E-state index contributed by atoms with van der Waals surface area (Å²) in [7, 11) is 2.06. The van der Waals surface area contributed by atoms with Gasteiger partial charge in [0.1, 0.15) is 0 Å². The van der Waals surface area contributed by atoms with E-state index in [1.807, 2.05) is 30.6 Å². The molecule has 102 valence electrons. The highest BCUT2D eigenvalue weighted by Crippen LogP contribution is 2.26. The molecular formula is C14H18ClN3S. The van der Waals surface area contributed by atoms with Crippen molar-refractivity contribution in [2.24, 2.45) is 5.73 Å². The summed E-state index contributed by atoms with van der Waals surface area (Å²) in [5.41, 5.74) is 10.2. The zero-order chi connectivity index (χ0) is 13.8. The molecule has 0 aliphatic rings. The first-order chi connectivity index (χ1) is 9.08. The highest BCUT2D eigenvalue weighted by molar-refractivity contribution is 7.07. The average Bonchev–Trinajstić information content (AvgIpc) is 2.81. The van der Waals surface area contributed by atoms with Crippen LogP contribution in [-0.4, -0.2) is 23.0 Å². The van der Waals surface area contributed by atoms with Gasteiger partial charge < -0.3 is 5.73 Å². The van der Waals surface area contributed by atoms with Gasteiger partial charge in [-0.1, -0.05) is 23.7 Å². The largest absolute Gasteiger partial charge is 0.326 e. The Kier molecular flexibility index (Phi) is 4.93. The van der Waals surface area contributed by atoms with Gasteiger partial charge in [0, 0.05) is 29.0 Å². The van der Waals surface area contributed by atoms with Crippen LogP contribution >= 0.6 is 22.9 Å². The molecule has 0 radical (unpaired) electrons. The molecule has 0 saturated carbocycles. The van der Waals surface area contributed by atoms with Crippen LogP contribution in [0, 0.1) is 0 Å². The number of thiazole rings is 1. The van der Waals surface area contributed by atoms with E-state index >= 15 is 0 Å². The predicted octanol–water partition coefficient (Wildman–Crippen LogP) is 3.32. The molecule has 2 N–H and O–H groups in total. The lowest BCUT2D eigenvalue weighted by atomic mass is 9.99. The third-order valence-corrected chi connectivity index (χ3v) is 3.93. The minimum absolute atomic E-state index is 0.0158. The Bertz CT molecular complexity index is 513. The van der Waals surface area contributed by atoms with Crippen LogP contribution in [0.25, 0.3) is 0 Å². The van der Waals surface area contributed by atoms with Gasteiger partial charge in [0.05, 0.1) is 11.2 Å². The number of hydrogen-bond acceptors (Lipinski definition) is 4. The molecule has 1 aromatic heterocycles. The Balaban J connectivity index is 2.20. The van der Waals surface area contributed by atoms with E-state index in [1.165, 1.54) is 0 Å². The van der Waals surface area contributed by atoms with Crippen molar-refractivity contribution in [3.8, 4) is 0 Å². The molecule has 19 heavy (non-hydrogen) atoms. The molecule has 0 aliphatic carbocycles. The molecule has 1 aromatic carbocycles. The Hall–Kier alpha value is -0.940. The maximum atomic E-state index is 6.15. The van der Waals surface area contributed by atoms with E-state index in [4.69, 9.17) is 17.3 Å². The fraction of sp³-hybridized carbons (Fsp3) is 0.357. The molecule has 2 atom stereocenters. The van der Waals surface area contributed by atoms with Gasteiger partial charge in [-0.05, 0) is 31.7 Å². The number of aromatic nitrogens is 1. The second-order valence-electron chi connectivity index (χ2n) is 4.75. The van der Waals surface area contributed by atoms with Gasteiger partial charge in [-0.2, -0.15) is 0 Å². The summed E-state index contributed by atoms with van der Waals surface area (Å²) >= 11 is 7.68. The number of nitrogens with zero attached hydrogens (tertiary/aromatic N) is 2. The SMILES string of the molecule is CC(N)C(c1cccc(Cl)c1)N(C)Cc1cscn1. The Labute approximate surface area is 123 Å². The van der Waals surface area contributed by atoms with Crippen LogP contribution in [0.1, 0.15) is 24.2 Å². The number of halogens is 1. The minimum atomic E-state index is 0.0158. The van der Waals surface area contributed by atoms with E-state index < -0.39 is 0 Å². The minimum Gasteiger partial charge on any atom is -0.326 e. The van der Waals surface area contributed by atoms with Crippen molar-refractivity contribution in [1.29, 1.82) is 0 Å². The third kappa shape index (κ3) is 3.76. The molecule has 2 aromatic rings. The van der Waals surface area contributed by atoms with E-state index in [1.54, 1.807) is 11.3 Å². The van der Waals surface area contributed by atoms with Gasteiger partial charge in [0.25, 0.3) is 0 Å². The molecule has 2 rings (SSSR count). The lowest BCUT2D eigenvalue weighted by Crippen LogP contribution is -2.37. The van der Waals surface area contributed by atoms with Gasteiger partial charge in [-0.15, -0.1) is 11.3 Å². The quantitative estimate of drug-likeness (QED) is 0.920. The van der Waals surface area contributed by atoms with Crippen molar-refractivity contribution in [2.75, 3.05) is 7.05 Å². The maximum Gasteiger partial charge on any atom is 0.0795 e. The molecule has 0 saturated heterocycles. The first-order valence-corrected chi connectivity index (χ1v) is 7.48. The Morgan fingerprint density at radius 2 is 2.26 bits per heavy atom. The maximum absolute atomic E-state index is 6.15. The summed E-state index contributed by atoms with van der Waals surface area (Å²) < 4.78 is 0. The second kappa shape index (κ2) is 6.48. The van der Waals surface area contributed by atoms with E-state index in [0.717, 1.165) is 22.8 Å². The van der Waals surface area contributed by atoms with Gasteiger partial charge in [0.15, 0.2) is 0 Å². The summed E-state index contributed by atoms with van der Waals surface area (Å²) in [6.45, 7) is 2.80. The van der Waals surface area contributed by atoms with Crippen LogP contribution in [-0.2, 0) is 6.54 Å². The zero-order valence-electron chi connectivity index (χ0n) is 11.1. The normalized spacial score (nSPS) is 14.6. The molecule has 2 unspecified atom stereocenters. The van der Waals surface area contributed by atoms with Crippen LogP contribution in [0.4, 0.5) is 0 Å². The van der Waals surface area contributed by atoms with E-state index in [0.29, 0.717) is 0 Å². The second-order valence-corrected chi connectivity index (χ2v) is 5.91. The van der Waals surface area contributed by atoms with Crippen LogP contribution in [0.5, 0.6) is 0 Å². The van der Waals surface area contributed by atoms with Crippen LogP contribution in [0.2, 0.25) is 5.02 Å². The van der Waals surface area contributed by atoms with Crippen LogP contribution < -0.4 is 5.73 Å². The van der Waals surface area contributed by atoms with Gasteiger partial charge in [0.2, 0.25) is 0 Å². The van der Waals surface area contributed by atoms with Crippen molar-refractivity contribution < 1.29 is 0 Å². The number of rotatable bonds is 5. The van der Waals surface area contributed by atoms with E-state index in [-0.39, 0.29) is 12.1 Å². The monoisotopic (exact) mass is 295 g/mol. The predicted molar refractivity (Wildman–Crippen MR) is 81.4 cm³/mol. The van der Waals surface area contributed by atoms with Crippen LogP contribution in [0.15, 0.2) is 35.2 Å². The number of hydrogen-bond donors (Lipinski definition) is 1. The molecular weight excluding hydrogens is 278 g/mol. The van der Waals surface area contributed by atoms with Crippen LogP contribution in [0.3, 0.4) is 0 Å². The van der Waals surface area contributed by atoms with Crippen molar-refractivity contribution in [3.05, 3.63) is 51.4 Å². The average molecular weight is 296 g/mol.